The van der Waals surface area contributed by atoms with Gasteiger partial charge in [-0.25, -0.2) is 4.79 Å². The molecular formula is C15H19NO2. The van der Waals surface area contributed by atoms with Gasteiger partial charge in [-0.1, -0.05) is 38.1 Å². The number of hydrogen-bond acceptors (Lipinski definition) is 2. The molecule has 0 unspecified atom stereocenters. The van der Waals surface area contributed by atoms with E-state index in [9.17, 15) is 4.79 Å². The van der Waals surface area contributed by atoms with Crippen LogP contribution >= 0.6 is 0 Å². The van der Waals surface area contributed by atoms with E-state index < -0.39 is 6.09 Å². The van der Waals surface area contributed by atoms with Gasteiger partial charge >= 0.3 is 6.09 Å². The van der Waals surface area contributed by atoms with Crippen molar-refractivity contribution in [3.05, 3.63) is 42.5 Å². The van der Waals surface area contributed by atoms with Crippen LogP contribution in [-0.4, -0.2) is 12.2 Å². The second kappa shape index (κ2) is 5.25. The van der Waals surface area contributed by atoms with Crippen molar-refractivity contribution in [2.24, 2.45) is 5.41 Å². The number of rotatable bonds is 2. The minimum atomic E-state index is -0.393. The Morgan fingerprint density at radius 1 is 1.33 bits per heavy atom. The lowest BCUT2D eigenvalue weighted by atomic mass is 9.82. The summed E-state index contributed by atoms with van der Waals surface area (Å²) in [6.07, 6.45) is 5.51. The Bertz CT molecular complexity index is 437. The zero-order valence-corrected chi connectivity index (χ0v) is 10.8. The van der Waals surface area contributed by atoms with Crippen molar-refractivity contribution in [1.82, 2.24) is 0 Å². The van der Waals surface area contributed by atoms with Crippen LogP contribution in [0.1, 0.15) is 26.7 Å². The van der Waals surface area contributed by atoms with Gasteiger partial charge in [0.25, 0.3) is 0 Å². The van der Waals surface area contributed by atoms with E-state index in [0.29, 0.717) is 0 Å². The minimum Gasteiger partial charge on any atom is -0.442 e. The molecule has 0 saturated carbocycles. The highest BCUT2D eigenvalue weighted by atomic mass is 16.6. The van der Waals surface area contributed by atoms with Crippen LogP contribution in [-0.2, 0) is 4.74 Å². The molecule has 2 rings (SSSR count). The monoisotopic (exact) mass is 245 g/mol. The molecule has 1 N–H and O–H groups in total. The third kappa shape index (κ3) is 3.62. The van der Waals surface area contributed by atoms with Gasteiger partial charge in [-0.15, -0.1) is 0 Å². The van der Waals surface area contributed by atoms with Crippen LogP contribution in [0.5, 0.6) is 0 Å². The number of amides is 1. The van der Waals surface area contributed by atoms with Gasteiger partial charge in [-0.3, -0.25) is 5.32 Å². The molecule has 1 aliphatic carbocycles. The van der Waals surface area contributed by atoms with Crippen molar-refractivity contribution >= 4 is 11.8 Å². The summed E-state index contributed by atoms with van der Waals surface area (Å²) in [6, 6.07) is 9.32. The van der Waals surface area contributed by atoms with E-state index >= 15 is 0 Å². The highest BCUT2D eigenvalue weighted by Gasteiger charge is 2.23. The maximum Gasteiger partial charge on any atom is 0.412 e. The quantitative estimate of drug-likeness (QED) is 0.800. The molecule has 0 aromatic heterocycles. The first-order valence-electron chi connectivity index (χ1n) is 6.27. The molecule has 0 radical (unpaired) electrons. The molecule has 0 spiro atoms. The SMILES string of the molecule is CC1(C)C=C[C@@H](OC(=O)Nc2ccccc2)CC1. The molecule has 1 amide bonds. The van der Waals surface area contributed by atoms with E-state index in [1.165, 1.54) is 0 Å². The number of allylic oxidation sites excluding steroid dienone is 1. The molecule has 1 aliphatic rings. The highest BCUT2D eigenvalue weighted by Crippen LogP contribution is 2.30. The molecule has 1 aromatic rings. The minimum absolute atomic E-state index is 0.110. The second-order valence-electron chi connectivity index (χ2n) is 5.32. The average Bonchev–Trinajstić information content (AvgIpc) is 2.33. The van der Waals surface area contributed by atoms with Crippen LogP contribution < -0.4 is 5.32 Å². The first-order valence-corrected chi connectivity index (χ1v) is 6.27. The van der Waals surface area contributed by atoms with E-state index in [2.05, 4.69) is 25.2 Å². The number of anilines is 1. The fourth-order valence-electron chi connectivity index (χ4n) is 1.97. The lowest BCUT2D eigenvalue weighted by Crippen LogP contribution is -2.26. The Hall–Kier alpha value is -1.77. The van der Waals surface area contributed by atoms with Crippen LogP contribution in [0.15, 0.2) is 42.5 Å². The number of benzene rings is 1. The lowest BCUT2D eigenvalue weighted by Gasteiger charge is -2.28. The van der Waals surface area contributed by atoms with Gasteiger partial charge in [0, 0.05) is 5.69 Å². The van der Waals surface area contributed by atoms with Gasteiger partial charge < -0.3 is 4.74 Å². The molecule has 1 atom stereocenters. The standard InChI is InChI=1S/C15H19NO2/c1-15(2)10-8-13(9-11-15)18-14(17)16-12-6-4-3-5-7-12/h3-8,10,13H,9,11H2,1-2H3,(H,16,17)/t13-/m1/s1. The fraction of sp³-hybridized carbons (Fsp3) is 0.400. The zero-order chi connectivity index (χ0) is 13.0. The Morgan fingerprint density at radius 3 is 2.67 bits per heavy atom. The Morgan fingerprint density at radius 2 is 2.06 bits per heavy atom. The van der Waals surface area contributed by atoms with Crippen LogP contribution in [0, 0.1) is 5.41 Å². The summed E-state index contributed by atoms with van der Waals surface area (Å²) in [5.74, 6) is 0. The van der Waals surface area contributed by atoms with E-state index in [0.717, 1.165) is 18.5 Å². The molecule has 0 fully saturated rings. The average molecular weight is 245 g/mol. The molecule has 0 bridgehead atoms. The maximum atomic E-state index is 11.7. The molecule has 96 valence electrons. The zero-order valence-electron chi connectivity index (χ0n) is 10.8. The van der Waals surface area contributed by atoms with E-state index in [-0.39, 0.29) is 11.5 Å². The molecule has 3 nitrogen and oxygen atoms in total. The molecule has 3 heteroatoms. The summed E-state index contributed by atoms with van der Waals surface area (Å²) in [4.78, 5) is 11.7. The molecule has 18 heavy (non-hydrogen) atoms. The Kier molecular flexibility index (Phi) is 3.70. The van der Waals surface area contributed by atoms with Crippen molar-refractivity contribution in [1.29, 1.82) is 0 Å². The van der Waals surface area contributed by atoms with Gasteiger partial charge in [0.05, 0.1) is 0 Å². The molecule has 0 aliphatic heterocycles. The first kappa shape index (κ1) is 12.7. The summed E-state index contributed by atoms with van der Waals surface area (Å²) < 4.78 is 5.35. The number of carbonyl (C=O) groups is 1. The summed E-state index contributed by atoms with van der Waals surface area (Å²) in [6.45, 7) is 4.37. The van der Waals surface area contributed by atoms with E-state index in [1.54, 1.807) is 0 Å². The smallest absolute Gasteiger partial charge is 0.412 e. The highest BCUT2D eigenvalue weighted by molar-refractivity contribution is 5.84. The van der Waals surface area contributed by atoms with Crippen LogP contribution in [0.4, 0.5) is 10.5 Å². The van der Waals surface area contributed by atoms with E-state index in [4.69, 9.17) is 4.74 Å². The lowest BCUT2D eigenvalue weighted by molar-refractivity contribution is 0.117. The van der Waals surface area contributed by atoms with Crippen molar-refractivity contribution in [3.8, 4) is 0 Å². The van der Waals surface area contributed by atoms with Crippen molar-refractivity contribution in [2.45, 2.75) is 32.8 Å². The van der Waals surface area contributed by atoms with Crippen LogP contribution in [0.2, 0.25) is 0 Å². The normalized spacial score (nSPS) is 21.3. The van der Waals surface area contributed by atoms with Crippen molar-refractivity contribution in [3.63, 3.8) is 0 Å². The number of nitrogens with one attached hydrogen (secondary N) is 1. The first-order chi connectivity index (χ1) is 8.55. The van der Waals surface area contributed by atoms with E-state index in [1.807, 2.05) is 36.4 Å². The molecule has 1 aromatic carbocycles. The summed E-state index contributed by atoms with van der Waals surface area (Å²) in [7, 11) is 0. The third-order valence-corrected chi connectivity index (χ3v) is 3.11. The Balaban J connectivity index is 1.86. The molecule has 0 saturated heterocycles. The number of para-hydroxylation sites is 1. The predicted octanol–water partition coefficient (Wildman–Crippen LogP) is 3.98. The van der Waals surface area contributed by atoms with Crippen LogP contribution in [0.25, 0.3) is 0 Å². The summed E-state index contributed by atoms with van der Waals surface area (Å²) >= 11 is 0. The second-order valence-corrected chi connectivity index (χ2v) is 5.32. The van der Waals surface area contributed by atoms with Gasteiger partial charge in [0.1, 0.15) is 6.10 Å². The predicted molar refractivity (Wildman–Crippen MR) is 72.5 cm³/mol. The van der Waals surface area contributed by atoms with Gasteiger partial charge in [-0.05, 0) is 36.5 Å². The largest absolute Gasteiger partial charge is 0.442 e. The number of ether oxygens (including phenoxy) is 1. The maximum absolute atomic E-state index is 11.7. The van der Waals surface area contributed by atoms with Gasteiger partial charge in [0.15, 0.2) is 0 Å². The van der Waals surface area contributed by atoms with Crippen molar-refractivity contribution < 1.29 is 9.53 Å². The number of carbonyl (C=O) groups excluding carboxylic acids is 1. The van der Waals surface area contributed by atoms with Gasteiger partial charge in [0.2, 0.25) is 0 Å². The van der Waals surface area contributed by atoms with Gasteiger partial charge in [-0.2, -0.15) is 0 Å². The summed E-state index contributed by atoms with van der Waals surface area (Å²) in [5, 5.41) is 2.71. The number of hydrogen-bond donors (Lipinski definition) is 1. The fourth-order valence-corrected chi connectivity index (χ4v) is 1.97. The topological polar surface area (TPSA) is 38.3 Å². The molecular weight excluding hydrogens is 226 g/mol. The molecule has 0 heterocycles. The summed E-state index contributed by atoms with van der Waals surface area (Å²) in [5.41, 5.74) is 0.970. The third-order valence-electron chi connectivity index (χ3n) is 3.11. The van der Waals surface area contributed by atoms with Crippen LogP contribution in [0.3, 0.4) is 0 Å². The van der Waals surface area contributed by atoms with Crippen molar-refractivity contribution in [2.75, 3.05) is 5.32 Å². The Labute approximate surface area is 108 Å².